The van der Waals surface area contributed by atoms with Crippen LogP contribution in [0.1, 0.15) is 30.9 Å². The molecule has 152 valence electrons. The summed E-state index contributed by atoms with van der Waals surface area (Å²) in [6, 6.07) is 15.4. The number of nitriles is 1. The lowest BCUT2D eigenvalue weighted by Gasteiger charge is -2.50. The van der Waals surface area contributed by atoms with Gasteiger partial charge >= 0.3 is 6.36 Å². The van der Waals surface area contributed by atoms with Crippen LogP contribution in [0.4, 0.5) is 18.9 Å². The van der Waals surface area contributed by atoms with E-state index in [2.05, 4.69) is 28.0 Å². The minimum atomic E-state index is -4.71. The molecule has 0 saturated heterocycles. The molecular weight excluding hydrogens is 379 g/mol. The number of nitrogens with one attached hydrogen (secondary N) is 2. The lowest BCUT2D eigenvalue weighted by Crippen LogP contribution is -2.60. The Morgan fingerprint density at radius 3 is 2.52 bits per heavy atom. The Balaban J connectivity index is 1.65. The molecular formula is C22H22F3N3O. The third-order valence-corrected chi connectivity index (χ3v) is 4.78. The van der Waals surface area contributed by atoms with Gasteiger partial charge in [0.1, 0.15) is 11.4 Å². The Hall–Kier alpha value is -3.14. The maximum atomic E-state index is 12.3. The Labute approximate surface area is 168 Å². The topological polar surface area (TPSA) is 57.1 Å². The van der Waals surface area contributed by atoms with E-state index in [1.807, 2.05) is 25.1 Å². The van der Waals surface area contributed by atoms with E-state index in [0.717, 1.165) is 30.5 Å². The molecule has 2 aromatic carbocycles. The number of hydrogen-bond acceptors (Lipinski definition) is 4. The van der Waals surface area contributed by atoms with E-state index >= 15 is 0 Å². The first-order chi connectivity index (χ1) is 13.7. The molecule has 0 aliphatic heterocycles. The van der Waals surface area contributed by atoms with Gasteiger partial charge in [-0.1, -0.05) is 18.7 Å². The number of nitrogens with zero attached hydrogens (tertiary/aromatic N) is 1. The molecule has 0 bridgehead atoms. The van der Waals surface area contributed by atoms with E-state index in [-0.39, 0.29) is 5.75 Å². The smallest absolute Gasteiger partial charge is 0.406 e. The Morgan fingerprint density at radius 2 is 1.93 bits per heavy atom. The molecule has 4 nitrogen and oxygen atoms in total. The molecule has 0 atom stereocenters. The van der Waals surface area contributed by atoms with Gasteiger partial charge in [0.2, 0.25) is 0 Å². The first-order valence-electron chi connectivity index (χ1n) is 9.23. The fraction of sp³-hybridized carbons (Fsp3) is 0.318. The number of alkyl halides is 3. The fourth-order valence-corrected chi connectivity index (χ4v) is 3.83. The van der Waals surface area contributed by atoms with Crippen molar-refractivity contribution in [1.29, 1.82) is 5.26 Å². The van der Waals surface area contributed by atoms with E-state index < -0.39 is 12.0 Å². The summed E-state index contributed by atoms with van der Waals surface area (Å²) in [5, 5.41) is 15.8. The van der Waals surface area contributed by atoms with Gasteiger partial charge in [-0.3, -0.25) is 0 Å². The molecule has 1 fully saturated rings. The summed E-state index contributed by atoms with van der Waals surface area (Å²) in [6.45, 7) is 5.79. The Bertz CT molecular complexity index is 910. The van der Waals surface area contributed by atoms with Crippen LogP contribution in [0.15, 0.2) is 60.8 Å². The number of ether oxygens (including phenoxy) is 1. The molecule has 29 heavy (non-hydrogen) atoms. The standard InChI is InChI=1S/C22H22F3N3O/c1-15(2)27-21(28-19-6-8-20(9-7-19)29-22(23,24)25)12-18(13-21)11-16-4-3-5-17(10-16)14-26/h3-10,18,27-28H,1,11-13H2,2H3. The van der Waals surface area contributed by atoms with Gasteiger partial charge in [-0.05, 0) is 74.1 Å². The highest BCUT2D eigenvalue weighted by atomic mass is 19.4. The second kappa shape index (κ2) is 8.08. The van der Waals surface area contributed by atoms with Crippen LogP contribution in [0.5, 0.6) is 5.75 Å². The van der Waals surface area contributed by atoms with E-state index in [1.165, 1.54) is 12.1 Å². The van der Waals surface area contributed by atoms with E-state index in [4.69, 9.17) is 5.26 Å². The van der Waals surface area contributed by atoms with E-state index in [9.17, 15) is 13.2 Å². The first-order valence-corrected chi connectivity index (χ1v) is 9.23. The minimum absolute atomic E-state index is 0.256. The van der Waals surface area contributed by atoms with Crippen LogP contribution in [0.2, 0.25) is 0 Å². The Kier molecular flexibility index (Phi) is 5.73. The SMILES string of the molecule is C=C(C)NC1(Nc2ccc(OC(F)(F)F)cc2)CC(Cc2cccc(C#N)c2)C1. The second-order valence-corrected chi connectivity index (χ2v) is 7.48. The number of benzene rings is 2. The summed E-state index contributed by atoms with van der Waals surface area (Å²) >= 11 is 0. The van der Waals surface area contributed by atoms with E-state index in [1.54, 1.807) is 18.2 Å². The molecule has 0 radical (unpaired) electrons. The highest BCUT2D eigenvalue weighted by molar-refractivity contribution is 5.49. The average Bonchev–Trinajstić information content (AvgIpc) is 2.60. The third-order valence-electron chi connectivity index (χ3n) is 4.78. The van der Waals surface area contributed by atoms with Gasteiger partial charge in [-0.2, -0.15) is 5.26 Å². The van der Waals surface area contributed by atoms with Gasteiger partial charge in [0.15, 0.2) is 0 Å². The van der Waals surface area contributed by atoms with Crippen LogP contribution in [0.25, 0.3) is 0 Å². The molecule has 1 saturated carbocycles. The fourth-order valence-electron chi connectivity index (χ4n) is 3.83. The van der Waals surface area contributed by atoms with Crippen molar-refractivity contribution >= 4 is 5.69 Å². The van der Waals surface area contributed by atoms with Gasteiger partial charge in [0, 0.05) is 11.4 Å². The number of anilines is 1. The largest absolute Gasteiger partial charge is 0.573 e. The van der Waals surface area contributed by atoms with Gasteiger partial charge in [0.25, 0.3) is 0 Å². The van der Waals surface area contributed by atoms with Crippen LogP contribution >= 0.6 is 0 Å². The summed E-state index contributed by atoms with van der Waals surface area (Å²) in [5.41, 5.74) is 2.85. The van der Waals surface area contributed by atoms with E-state index in [0.29, 0.717) is 17.2 Å². The molecule has 0 amide bonds. The zero-order valence-electron chi connectivity index (χ0n) is 16.0. The molecule has 2 N–H and O–H groups in total. The van der Waals surface area contributed by atoms with Crippen LogP contribution in [-0.4, -0.2) is 12.0 Å². The monoisotopic (exact) mass is 401 g/mol. The molecule has 7 heteroatoms. The van der Waals surface area contributed by atoms with Crippen molar-refractivity contribution in [3.05, 3.63) is 71.9 Å². The van der Waals surface area contributed by atoms with Crippen LogP contribution in [-0.2, 0) is 6.42 Å². The van der Waals surface area contributed by atoms with Crippen molar-refractivity contribution in [3.8, 4) is 11.8 Å². The Morgan fingerprint density at radius 1 is 1.24 bits per heavy atom. The van der Waals surface area contributed by atoms with Crippen LogP contribution < -0.4 is 15.4 Å². The van der Waals surface area contributed by atoms with Gasteiger partial charge in [-0.25, -0.2) is 0 Å². The van der Waals surface area contributed by atoms with Crippen molar-refractivity contribution in [2.75, 3.05) is 5.32 Å². The van der Waals surface area contributed by atoms with Crippen molar-refractivity contribution in [1.82, 2.24) is 5.32 Å². The zero-order valence-corrected chi connectivity index (χ0v) is 16.0. The summed E-state index contributed by atoms with van der Waals surface area (Å²) < 4.78 is 40.9. The van der Waals surface area contributed by atoms with Crippen molar-refractivity contribution in [2.24, 2.45) is 5.92 Å². The summed E-state index contributed by atoms with van der Waals surface area (Å²) in [5.74, 6) is 0.157. The number of hydrogen-bond donors (Lipinski definition) is 2. The normalized spacial score (nSPS) is 20.9. The molecule has 0 aromatic heterocycles. The first kappa shape index (κ1) is 20.6. The second-order valence-electron chi connectivity index (χ2n) is 7.48. The summed E-state index contributed by atoms with van der Waals surface area (Å²) in [7, 11) is 0. The molecule has 0 heterocycles. The molecule has 3 rings (SSSR count). The lowest BCUT2D eigenvalue weighted by molar-refractivity contribution is -0.274. The van der Waals surface area contributed by atoms with Crippen molar-refractivity contribution in [2.45, 2.75) is 38.2 Å². The van der Waals surface area contributed by atoms with Gasteiger partial charge < -0.3 is 15.4 Å². The predicted molar refractivity (Wildman–Crippen MR) is 105 cm³/mol. The highest BCUT2D eigenvalue weighted by Crippen LogP contribution is 2.41. The third kappa shape index (κ3) is 5.67. The van der Waals surface area contributed by atoms with Gasteiger partial charge in [0.05, 0.1) is 11.6 Å². The summed E-state index contributed by atoms with van der Waals surface area (Å²) in [4.78, 5) is 0. The van der Waals surface area contributed by atoms with Crippen molar-refractivity contribution in [3.63, 3.8) is 0 Å². The van der Waals surface area contributed by atoms with Crippen molar-refractivity contribution < 1.29 is 17.9 Å². The minimum Gasteiger partial charge on any atom is -0.406 e. The van der Waals surface area contributed by atoms with Gasteiger partial charge in [-0.15, -0.1) is 13.2 Å². The van der Waals surface area contributed by atoms with Crippen LogP contribution in [0.3, 0.4) is 0 Å². The van der Waals surface area contributed by atoms with Crippen LogP contribution in [0, 0.1) is 17.2 Å². The average molecular weight is 401 g/mol. The predicted octanol–water partition coefficient (Wildman–Crippen LogP) is 5.34. The maximum absolute atomic E-state index is 12.3. The molecule has 0 unspecified atom stereocenters. The number of halogens is 3. The number of allylic oxidation sites excluding steroid dienone is 1. The highest BCUT2D eigenvalue weighted by Gasteiger charge is 2.44. The molecule has 1 aliphatic rings. The quantitative estimate of drug-likeness (QED) is 0.615. The number of rotatable bonds is 7. The molecule has 0 spiro atoms. The summed E-state index contributed by atoms with van der Waals surface area (Å²) in [6.07, 6.45) is -2.22. The molecule has 1 aliphatic carbocycles. The zero-order chi connectivity index (χ0) is 21.1. The molecule has 2 aromatic rings. The maximum Gasteiger partial charge on any atom is 0.573 e. The lowest BCUT2D eigenvalue weighted by atomic mass is 9.71.